The Morgan fingerprint density at radius 3 is 2.74 bits per heavy atom. The molecule has 0 radical (unpaired) electrons. The summed E-state index contributed by atoms with van der Waals surface area (Å²) < 4.78 is 29.7. The average molecular weight is 323 g/mol. The molecule has 5 nitrogen and oxygen atoms in total. The van der Waals surface area contributed by atoms with Gasteiger partial charge in [-0.25, -0.2) is 4.98 Å². The minimum absolute atomic E-state index is 0.0433. The van der Waals surface area contributed by atoms with Gasteiger partial charge in [-0.1, -0.05) is 12.1 Å². The molecule has 23 heavy (non-hydrogen) atoms. The molecule has 3 rings (SSSR count). The number of fused-ring (bicyclic) bond motifs is 1. The van der Waals surface area contributed by atoms with Crippen LogP contribution in [0.3, 0.4) is 0 Å². The van der Waals surface area contributed by atoms with Crippen molar-refractivity contribution in [2.45, 2.75) is 37.2 Å². The Morgan fingerprint density at radius 1 is 1.43 bits per heavy atom. The predicted octanol–water partition coefficient (Wildman–Crippen LogP) is 1.78. The fourth-order valence-electron chi connectivity index (χ4n) is 2.85. The number of nitrogens with one attached hydrogen (secondary N) is 1. The first-order valence-corrected chi connectivity index (χ1v) is 7.64. The van der Waals surface area contributed by atoms with E-state index in [1.807, 2.05) is 35.9 Å². The van der Waals surface area contributed by atoms with E-state index in [0.29, 0.717) is 18.7 Å². The Morgan fingerprint density at radius 2 is 2.13 bits per heavy atom. The van der Waals surface area contributed by atoms with Gasteiger partial charge < -0.3 is 15.0 Å². The van der Waals surface area contributed by atoms with Crippen molar-refractivity contribution in [2.75, 3.05) is 6.54 Å². The van der Waals surface area contributed by atoms with Crippen molar-refractivity contribution in [1.29, 1.82) is 0 Å². The zero-order valence-corrected chi connectivity index (χ0v) is 12.9. The molecule has 2 N–H and O–H groups in total. The number of nitrogens with zero attached hydrogens (tertiary/aromatic N) is 2. The number of aromatic nitrogens is 2. The normalized spacial score (nSPS) is 17.0. The van der Waals surface area contributed by atoms with Gasteiger partial charge in [-0.05, 0) is 31.4 Å². The number of amides is 1. The molecule has 0 unspecified atom stereocenters. The zero-order valence-electron chi connectivity index (χ0n) is 12.9. The third-order valence-corrected chi connectivity index (χ3v) is 4.56. The van der Waals surface area contributed by atoms with E-state index in [4.69, 9.17) is 0 Å². The standard InChI is InChI=1S/C16H19F2N3O2/c1-21-12-6-3-2-5-11(12)20-13(21)7-10-19-14(22)16(17,18)15(23)8-4-9-15/h2-3,5-6,23H,4,7-10H2,1H3,(H,19,22). The molecule has 0 atom stereocenters. The summed E-state index contributed by atoms with van der Waals surface area (Å²) in [7, 11) is 1.85. The molecule has 1 aliphatic carbocycles. The molecule has 1 heterocycles. The molecular formula is C16H19F2N3O2. The maximum Gasteiger partial charge on any atom is 0.352 e. The summed E-state index contributed by atoms with van der Waals surface area (Å²) in [6, 6.07) is 7.57. The van der Waals surface area contributed by atoms with Crippen LogP contribution in [-0.2, 0) is 18.3 Å². The number of aliphatic hydroxyl groups is 1. The van der Waals surface area contributed by atoms with Gasteiger partial charge in [-0.2, -0.15) is 8.78 Å². The van der Waals surface area contributed by atoms with Crippen molar-refractivity contribution in [1.82, 2.24) is 14.9 Å². The molecular weight excluding hydrogens is 304 g/mol. The Hall–Kier alpha value is -2.02. The van der Waals surface area contributed by atoms with Crippen LogP contribution >= 0.6 is 0 Å². The zero-order chi connectivity index (χ0) is 16.7. The molecule has 1 aliphatic rings. The van der Waals surface area contributed by atoms with Gasteiger partial charge in [0.2, 0.25) is 0 Å². The minimum atomic E-state index is -3.75. The second-order valence-electron chi connectivity index (χ2n) is 6.04. The number of carbonyl (C=O) groups is 1. The lowest BCUT2D eigenvalue weighted by Crippen LogP contribution is -2.60. The molecule has 0 spiro atoms. The van der Waals surface area contributed by atoms with Crippen molar-refractivity contribution < 1.29 is 18.7 Å². The maximum atomic E-state index is 13.9. The summed E-state index contributed by atoms with van der Waals surface area (Å²) in [5, 5.41) is 12.0. The van der Waals surface area contributed by atoms with Crippen LogP contribution in [0.4, 0.5) is 8.78 Å². The number of carbonyl (C=O) groups excluding carboxylic acids is 1. The third kappa shape index (κ3) is 2.59. The minimum Gasteiger partial charge on any atom is -0.383 e. The van der Waals surface area contributed by atoms with Crippen LogP contribution in [0.25, 0.3) is 11.0 Å². The van der Waals surface area contributed by atoms with Crippen LogP contribution in [-0.4, -0.2) is 38.6 Å². The van der Waals surface area contributed by atoms with E-state index in [-0.39, 0.29) is 19.4 Å². The van der Waals surface area contributed by atoms with Crippen molar-refractivity contribution >= 4 is 16.9 Å². The summed E-state index contributed by atoms with van der Waals surface area (Å²) in [5.41, 5.74) is -0.414. The van der Waals surface area contributed by atoms with E-state index in [9.17, 15) is 18.7 Å². The molecule has 1 aromatic heterocycles. The van der Waals surface area contributed by atoms with Gasteiger partial charge >= 0.3 is 5.92 Å². The lowest BCUT2D eigenvalue weighted by atomic mass is 9.75. The largest absolute Gasteiger partial charge is 0.383 e. The highest BCUT2D eigenvalue weighted by atomic mass is 19.3. The lowest BCUT2D eigenvalue weighted by molar-refractivity contribution is -0.215. The quantitative estimate of drug-likeness (QED) is 0.881. The first-order chi connectivity index (χ1) is 10.8. The van der Waals surface area contributed by atoms with Crippen molar-refractivity contribution in [3.8, 4) is 0 Å². The van der Waals surface area contributed by atoms with Gasteiger partial charge in [0.25, 0.3) is 5.91 Å². The third-order valence-electron chi connectivity index (χ3n) is 4.56. The number of alkyl halides is 2. The van der Waals surface area contributed by atoms with Crippen LogP contribution in [0.5, 0.6) is 0 Å². The number of halogens is 2. The van der Waals surface area contributed by atoms with Crippen LogP contribution in [0.15, 0.2) is 24.3 Å². The van der Waals surface area contributed by atoms with E-state index >= 15 is 0 Å². The Balaban J connectivity index is 1.62. The van der Waals surface area contributed by atoms with Gasteiger partial charge in [0.15, 0.2) is 0 Å². The molecule has 0 saturated heterocycles. The van der Waals surface area contributed by atoms with Crippen LogP contribution in [0.1, 0.15) is 25.1 Å². The summed E-state index contributed by atoms with van der Waals surface area (Å²) in [6.45, 7) is 0.0433. The molecule has 0 aliphatic heterocycles. The molecule has 1 saturated carbocycles. The number of aryl methyl sites for hydroxylation is 1. The second-order valence-corrected chi connectivity index (χ2v) is 6.04. The van der Waals surface area contributed by atoms with Gasteiger partial charge in [-0.3, -0.25) is 4.79 Å². The van der Waals surface area contributed by atoms with Gasteiger partial charge in [0.1, 0.15) is 11.4 Å². The fourth-order valence-corrected chi connectivity index (χ4v) is 2.85. The maximum absolute atomic E-state index is 13.9. The smallest absolute Gasteiger partial charge is 0.352 e. The summed E-state index contributed by atoms with van der Waals surface area (Å²) >= 11 is 0. The first-order valence-electron chi connectivity index (χ1n) is 7.64. The highest BCUT2D eigenvalue weighted by Gasteiger charge is 2.60. The SMILES string of the molecule is Cn1c(CCNC(=O)C(F)(F)C2(O)CCC2)nc2ccccc21. The van der Waals surface area contributed by atoms with Crippen LogP contribution in [0.2, 0.25) is 0 Å². The first kappa shape index (κ1) is 15.9. The number of hydrogen-bond donors (Lipinski definition) is 2. The van der Waals surface area contributed by atoms with Crippen molar-refractivity contribution in [3.63, 3.8) is 0 Å². The van der Waals surface area contributed by atoms with E-state index in [0.717, 1.165) is 11.0 Å². The summed E-state index contributed by atoms with van der Waals surface area (Å²) in [4.78, 5) is 16.1. The molecule has 0 bridgehead atoms. The second kappa shape index (κ2) is 5.56. The van der Waals surface area contributed by atoms with E-state index in [2.05, 4.69) is 10.3 Å². The van der Waals surface area contributed by atoms with E-state index in [1.165, 1.54) is 0 Å². The molecule has 2 aromatic rings. The molecule has 7 heteroatoms. The Kier molecular flexibility index (Phi) is 3.83. The Labute approximate surface area is 132 Å². The topological polar surface area (TPSA) is 67.2 Å². The number of imidazole rings is 1. The molecule has 1 fully saturated rings. The number of para-hydroxylation sites is 2. The molecule has 124 valence electrons. The van der Waals surface area contributed by atoms with Crippen molar-refractivity contribution in [2.24, 2.45) is 7.05 Å². The average Bonchev–Trinajstić information content (AvgIpc) is 2.81. The number of benzene rings is 1. The Bertz CT molecular complexity index is 738. The van der Waals surface area contributed by atoms with E-state index < -0.39 is 17.4 Å². The van der Waals surface area contributed by atoms with Crippen LogP contribution < -0.4 is 5.32 Å². The van der Waals surface area contributed by atoms with Gasteiger partial charge in [-0.15, -0.1) is 0 Å². The monoisotopic (exact) mass is 323 g/mol. The van der Waals surface area contributed by atoms with E-state index in [1.54, 1.807) is 0 Å². The molecule has 1 aromatic carbocycles. The van der Waals surface area contributed by atoms with Crippen molar-refractivity contribution in [3.05, 3.63) is 30.1 Å². The fraction of sp³-hybridized carbons (Fsp3) is 0.500. The highest BCUT2D eigenvalue weighted by molar-refractivity contribution is 5.85. The predicted molar refractivity (Wildman–Crippen MR) is 81.2 cm³/mol. The number of rotatable bonds is 5. The summed E-state index contributed by atoms with van der Waals surface area (Å²) in [6.07, 6.45) is 0.765. The highest BCUT2D eigenvalue weighted by Crippen LogP contribution is 2.44. The van der Waals surface area contributed by atoms with Gasteiger partial charge in [0, 0.05) is 20.0 Å². The summed E-state index contributed by atoms with van der Waals surface area (Å²) in [5.74, 6) is -4.46. The van der Waals surface area contributed by atoms with Crippen LogP contribution in [0, 0.1) is 0 Å². The number of hydrogen-bond acceptors (Lipinski definition) is 3. The lowest BCUT2D eigenvalue weighted by Gasteiger charge is -2.41. The van der Waals surface area contributed by atoms with Gasteiger partial charge in [0.05, 0.1) is 11.0 Å². The molecule has 1 amide bonds.